The van der Waals surface area contributed by atoms with Crippen molar-refractivity contribution >= 4 is 5.97 Å². The highest BCUT2D eigenvalue weighted by molar-refractivity contribution is 5.78. The fourth-order valence-electron chi connectivity index (χ4n) is 1.85. The molecule has 1 unspecified atom stereocenters. The van der Waals surface area contributed by atoms with Crippen LogP contribution in [0, 0.1) is 0 Å². The van der Waals surface area contributed by atoms with Crippen LogP contribution in [0.1, 0.15) is 65.7 Å². The first-order chi connectivity index (χ1) is 9.06. The van der Waals surface area contributed by atoms with Crippen LogP contribution in [0.2, 0.25) is 0 Å². The Balaban J connectivity index is 3.67. The molecule has 1 atom stereocenters. The van der Waals surface area contributed by atoms with Gasteiger partial charge in [-0.25, -0.2) is 0 Å². The molecule has 0 rings (SSSR count). The molecule has 0 aromatic carbocycles. The second-order valence-electron chi connectivity index (χ2n) is 5.38. The molecule has 0 aromatic heterocycles. The van der Waals surface area contributed by atoms with Gasteiger partial charge >= 0.3 is 5.97 Å². The van der Waals surface area contributed by atoms with Gasteiger partial charge in [0.25, 0.3) is 0 Å². The molecule has 0 bridgehead atoms. The molecular formula is C15H31NO3. The maximum atomic E-state index is 11.2. The molecule has 0 aromatic rings. The zero-order valence-electron chi connectivity index (χ0n) is 12.8. The number of hydrogen-bond donors (Lipinski definition) is 2. The maximum Gasteiger partial charge on any atom is 0.326 e. The van der Waals surface area contributed by atoms with E-state index < -0.39 is 11.5 Å². The number of nitrogens with one attached hydrogen (secondary N) is 1. The van der Waals surface area contributed by atoms with Gasteiger partial charge in [-0.15, -0.1) is 0 Å². The molecule has 114 valence electrons. The second-order valence-corrected chi connectivity index (χ2v) is 5.38. The molecule has 2 N–H and O–H groups in total. The van der Waals surface area contributed by atoms with E-state index in [0.717, 1.165) is 12.8 Å². The van der Waals surface area contributed by atoms with Crippen LogP contribution in [0.15, 0.2) is 0 Å². The molecular weight excluding hydrogens is 242 g/mol. The molecule has 0 amide bonds. The minimum absolute atomic E-state index is 0.233. The lowest BCUT2D eigenvalue weighted by molar-refractivity contribution is -0.146. The van der Waals surface area contributed by atoms with Crippen LogP contribution >= 0.6 is 0 Å². The van der Waals surface area contributed by atoms with E-state index in [1.54, 1.807) is 6.92 Å². The number of rotatable bonds is 13. The van der Waals surface area contributed by atoms with Gasteiger partial charge < -0.3 is 15.2 Å². The summed E-state index contributed by atoms with van der Waals surface area (Å²) in [4.78, 5) is 11.2. The van der Waals surface area contributed by atoms with E-state index in [4.69, 9.17) is 4.74 Å². The predicted octanol–water partition coefficient (Wildman–Crippen LogP) is 3.21. The smallest absolute Gasteiger partial charge is 0.326 e. The van der Waals surface area contributed by atoms with Crippen LogP contribution in [-0.4, -0.2) is 36.4 Å². The first kappa shape index (κ1) is 18.4. The SMILES string of the molecule is CCCCCCCCOCC(C)(NCCC)C(=O)O. The lowest BCUT2D eigenvalue weighted by Crippen LogP contribution is -2.53. The van der Waals surface area contributed by atoms with E-state index >= 15 is 0 Å². The summed E-state index contributed by atoms with van der Waals surface area (Å²) < 4.78 is 5.52. The maximum absolute atomic E-state index is 11.2. The van der Waals surface area contributed by atoms with Gasteiger partial charge in [0.1, 0.15) is 5.54 Å². The van der Waals surface area contributed by atoms with Crippen LogP contribution in [-0.2, 0) is 9.53 Å². The number of carboxylic acids is 1. The number of carboxylic acid groups (broad SMARTS) is 1. The Morgan fingerprint density at radius 2 is 1.74 bits per heavy atom. The van der Waals surface area contributed by atoms with Gasteiger partial charge in [-0.3, -0.25) is 4.79 Å². The van der Waals surface area contributed by atoms with Crippen molar-refractivity contribution < 1.29 is 14.6 Å². The average molecular weight is 273 g/mol. The first-order valence-electron chi connectivity index (χ1n) is 7.63. The van der Waals surface area contributed by atoms with Gasteiger partial charge in [-0.1, -0.05) is 46.0 Å². The van der Waals surface area contributed by atoms with E-state index in [-0.39, 0.29) is 6.61 Å². The molecule has 0 fully saturated rings. The lowest BCUT2D eigenvalue weighted by atomic mass is 10.0. The van der Waals surface area contributed by atoms with Crippen LogP contribution in [0.4, 0.5) is 0 Å². The number of unbranched alkanes of at least 4 members (excludes halogenated alkanes) is 5. The van der Waals surface area contributed by atoms with Crippen LogP contribution < -0.4 is 5.32 Å². The van der Waals surface area contributed by atoms with Crippen molar-refractivity contribution in [2.45, 2.75) is 71.3 Å². The van der Waals surface area contributed by atoms with Crippen molar-refractivity contribution in [2.75, 3.05) is 19.8 Å². The van der Waals surface area contributed by atoms with E-state index in [1.807, 2.05) is 6.92 Å². The Morgan fingerprint density at radius 3 is 2.32 bits per heavy atom. The highest BCUT2D eigenvalue weighted by atomic mass is 16.5. The molecule has 0 aliphatic heterocycles. The summed E-state index contributed by atoms with van der Waals surface area (Å²) in [6.07, 6.45) is 8.22. The third kappa shape index (κ3) is 9.00. The second kappa shape index (κ2) is 11.2. The van der Waals surface area contributed by atoms with E-state index in [0.29, 0.717) is 13.2 Å². The molecule has 0 saturated heterocycles. The fraction of sp³-hybridized carbons (Fsp3) is 0.933. The standard InChI is InChI=1S/C15H31NO3/c1-4-6-7-8-9-10-12-19-13-15(3,14(17)18)16-11-5-2/h16H,4-13H2,1-3H3,(H,17,18). The van der Waals surface area contributed by atoms with Crippen LogP contribution in [0.5, 0.6) is 0 Å². The topological polar surface area (TPSA) is 58.6 Å². The number of ether oxygens (including phenoxy) is 1. The quantitative estimate of drug-likeness (QED) is 0.506. The van der Waals surface area contributed by atoms with Crippen LogP contribution in [0.3, 0.4) is 0 Å². The van der Waals surface area contributed by atoms with Gasteiger partial charge in [0, 0.05) is 6.61 Å². The average Bonchev–Trinajstić information content (AvgIpc) is 2.39. The van der Waals surface area contributed by atoms with Gasteiger partial charge in [0.2, 0.25) is 0 Å². The van der Waals surface area contributed by atoms with Gasteiger partial charge in [-0.05, 0) is 26.3 Å². The highest BCUT2D eigenvalue weighted by Gasteiger charge is 2.32. The van der Waals surface area contributed by atoms with E-state index in [9.17, 15) is 9.90 Å². The summed E-state index contributed by atoms with van der Waals surface area (Å²) >= 11 is 0. The Morgan fingerprint density at radius 1 is 1.11 bits per heavy atom. The monoisotopic (exact) mass is 273 g/mol. The van der Waals surface area contributed by atoms with Crippen molar-refractivity contribution in [3.05, 3.63) is 0 Å². The third-order valence-electron chi connectivity index (χ3n) is 3.27. The largest absolute Gasteiger partial charge is 0.480 e. The zero-order chi connectivity index (χ0) is 14.6. The van der Waals surface area contributed by atoms with Crippen molar-refractivity contribution in [1.29, 1.82) is 0 Å². The number of hydrogen-bond acceptors (Lipinski definition) is 3. The molecule has 4 heteroatoms. The first-order valence-corrected chi connectivity index (χ1v) is 7.63. The Bertz CT molecular complexity index is 233. The van der Waals surface area contributed by atoms with Gasteiger partial charge in [-0.2, -0.15) is 0 Å². The highest BCUT2D eigenvalue weighted by Crippen LogP contribution is 2.08. The molecule has 4 nitrogen and oxygen atoms in total. The van der Waals surface area contributed by atoms with Crippen LogP contribution in [0.25, 0.3) is 0 Å². The van der Waals surface area contributed by atoms with E-state index in [1.165, 1.54) is 32.1 Å². The molecule has 19 heavy (non-hydrogen) atoms. The number of aliphatic carboxylic acids is 1. The summed E-state index contributed by atoms with van der Waals surface area (Å²) in [5, 5.41) is 12.3. The fourth-order valence-corrected chi connectivity index (χ4v) is 1.85. The summed E-state index contributed by atoms with van der Waals surface area (Å²) in [7, 11) is 0. The molecule has 0 aliphatic rings. The third-order valence-corrected chi connectivity index (χ3v) is 3.27. The number of carbonyl (C=O) groups is 1. The Kier molecular flexibility index (Phi) is 10.9. The predicted molar refractivity (Wildman–Crippen MR) is 78.5 cm³/mol. The summed E-state index contributed by atoms with van der Waals surface area (Å²) in [6.45, 7) is 7.50. The van der Waals surface area contributed by atoms with Crippen molar-refractivity contribution in [3.63, 3.8) is 0 Å². The molecule has 0 radical (unpaired) electrons. The molecule has 0 aliphatic carbocycles. The summed E-state index contributed by atoms with van der Waals surface area (Å²) in [5.41, 5.74) is -0.960. The minimum atomic E-state index is -0.960. The normalized spacial score (nSPS) is 14.3. The Labute approximate surface area is 117 Å². The van der Waals surface area contributed by atoms with Gasteiger partial charge in [0.05, 0.1) is 6.61 Å². The van der Waals surface area contributed by atoms with Crippen molar-refractivity contribution in [2.24, 2.45) is 0 Å². The van der Waals surface area contributed by atoms with Crippen molar-refractivity contribution in [1.82, 2.24) is 5.32 Å². The lowest BCUT2D eigenvalue weighted by Gasteiger charge is -2.26. The van der Waals surface area contributed by atoms with E-state index in [2.05, 4.69) is 12.2 Å². The Hall–Kier alpha value is -0.610. The molecule has 0 heterocycles. The van der Waals surface area contributed by atoms with Crippen molar-refractivity contribution in [3.8, 4) is 0 Å². The molecule has 0 spiro atoms. The zero-order valence-corrected chi connectivity index (χ0v) is 12.8. The summed E-state index contributed by atoms with van der Waals surface area (Å²) in [6, 6.07) is 0. The van der Waals surface area contributed by atoms with Gasteiger partial charge in [0.15, 0.2) is 0 Å². The summed E-state index contributed by atoms with van der Waals surface area (Å²) in [5.74, 6) is -0.844. The molecule has 0 saturated carbocycles. The minimum Gasteiger partial charge on any atom is -0.480 e.